The van der Waals surface area contributed by atoms with Crippen molar-refractivity contribution in [2.75, 3.05) is 6.54 Å². The lowest BCUT2D eigenvalue weighted by Crippen LogP contribution is -2.38. The molecule has 0 fully saturated rings. The third kappa shape index (κ3) is 3.71. The molecule has 5 nitrogen and oxygen atoms in total. The number of carbonyl (C=O) groups excluding carboxylic acids is 1. The van der Waals surface area contributed by atoms with Gasteiger partial charge in [-0.05, 0) is 38.1 Å². The van der Waals surface area contributed by atoms with E-state index >= 15 is 0 Å². The second-order valence-corrected chi connectivity index (χ2v) is 6.76. The van der Waals surface area contributed by atoms with E-state index in [4.69, 9.17) is 0 Å². The Morgan fingerprint density at radius 2 is 2.04 bits per heavy atom. The molecule has 0 radical (unpaired) electrons. The Bertz CT molecular complexity index is 764. The quantitative estimate of drug-likeness (QED) is 0.691. The van der Waals surface area contributed by atoms with E-state index in [1.54, 1.807) is 30.1 Å². The summed E-state index contributed by atoms with van der Waals surface area (Å²) in [6.07, 6.45) is 7.94. The molecular weight excluding hydrogens is 320 g/mol. The first-order valence-electron chi connectivity index (χ1n) is 7.93. The Hall–Kier alpha value is -2.47. The zero-order valence-electron chi connectivity index (χ0n) is 13.8. The van der Waals surface area contributed by atoms with Crippen LogP contribution in [0.5, 0.6) is 0 Å². The number of hydrogen-bond donors (Lipinski definition) is 0. The van der Waals surface area contributed by atoms with Crippen molar-refractivity contribution in [3.8, 4) is 5.69 Å². The maximum Gasteiger partial charge on any atom is 0.254 e. The summed E-state index contributed by atoms with van der Waals surface area (Å²) in [5, 5.41) is 3.02. The molecule has 0 saturated carbocycles. The van der Waals surface area contributed by atoms with Gasteiger partial charge in [0.1, 0.15) is 0 Å². The van der Waals surface area contributed by atoms with E-state index in [2.05, 4.69) is 9.97 Å². The Balaban J connectivity index is 1.72. The molecular formula is C18H20N4OS. The fourth-order valence-corrected chi connectivity index (χ4v) is 3.15. The summed E-state index contributed by atoms with van der Waals surface area (Å²) in [4.78, 5) is 23.1. The molecule has 0 bridgehead atoms. The standard InChI is InChI=1S/C18H20N4OS/c1-14(2)22(10-7-17-20-9-12-24-17)18(23)15-3-5-16(6-4-15)21-11-8-19-13-21/h3-6,8-9,11-14H,7,10H2,1-2H3. The predicted molar refractivity (Wildman–Crippen MR) is 95.6 cm³/mol. The van der Waals surface area contributed by atoms with E-state index in [1.165, 1.54) is 0 Å². The molecule has 0 N–H and O–H groups in total. The smallest absolute Gasteiger partial charge is 0.254 e. The molecule has 0 aliphatic rings. The molecule has 1 aromatic carbocycles. The molecule has 0 unspecified atom stereocenters. The SMILES string of the molecule is CC(C)N(CCc1nccs1)C(=O)c1ccc(-n2ccnc2)cc1. The van der Waals surface area contributed by atoms with Gasteiger partial charge in [-0.2, -0.15) is 0 Å². The summed E-state index contributed by atoms with van der Waals surface area (Å²) < 4.78 is 1.91. The molecule has 0 aliphatic heterocycles. The van der Waals surface area contributed by atoms with Crippen molar-refractivity contribution >= 4 is 17.2 Å². The molecule has 2 heterocycles. The highest BCUT2D eigenvalue weighted by Crippen LogP contribution is 2.14. The van der Waals surface area contributed by atoms with Crippen molar-refractivity contribution in [2.45, 2.75) is 26.3 Å². The second-order valence-electron chi connectivity index (χ2n) is 5.78. The highest BCUT2D eigenvalue weighted by atomic mass is 32.1. The Morgan fingerprint density at radius 3 is 2.62 bits per heavy atom. The van der Waals surface area contributed by atoms with Crippen LogP contribution in [-0.4, -0.2) is 37.9 Å². The lowest BCUT2D eigenvalue weighted by molar-refractivity contribution is 0.0708. The van der Waals surface area contributed by atoms with Gasteiger partial charge in [-0.25, -0.2) is 9.97 Å². The van der Waals surface area contributed by atoms with Crippen LogP contribution < -0.4 is 0 Å². The number of amides is 1. The average molecular weight is 340 g/mol. The normalized spacial score (nSPS) is 11.0. The Labute approximate surface area is 145 Å². The number of rotatable bonds is 6. The maximum absolute atomic E-state index is 12.8. The summed E-state index contributed by atoms with van der Waals surface area (Å²) >= 11 is 1.63. The van der Waals surface area contributed by atoms with E-state index in [0.29, 0.717) is 12.1 Å². The number of thiazole rings is 1. The number of benzene rings is 1. The van der Waals surface area contributed by atoms with Gasteiger partial charge in [-0.1, -0.05) is 0 Å². The van der Waals surface area contributed by atoms with E-state index in [-0.39, 0.29) is 11.9 Å². The summed E-state index contributed by atoms with van der Waals surface area (Å²) in [6, 6.07) is 7.76. The molecule has 1 amide bonds. The highest BCUT2D eigenvalue weighted by molar-refractivity contribution is 7.09. The van der Waals surface area contributed by atoms with Crippen molar-refractivity contribution in [1.82, 2.24) is 19.4 Å². The van der Waals surface area contributed by atoms with E-state index in [0.717, 1.165) is 17.1 Å². The minimum Gasteiger partial charge on any atom is -0.336 e. The van der Waals surface area contributed by atoms with Gasteiger partial charge in [0.05, 0.1) is 11.3 Å². The zero-order chi connectivity index (χ0) is 16.9. The third-order valence-corrected chi connectivity index (χ3v) is 4.69. The van der Waals surface area contributed by atoms with Gasteiger partial charge in [-0.3, -0.25) is 4.79 Å². The number of carbonyl (C=O) groups is 1. The first-order valence-corrected chi connectivity index (χ1v) is 8.81. The summed E-state index contributed by atoms with van der Waals surface area (Å²) in [5.74, 6) is 0.0544. The topological polar surface area (TPSA) is 51.0 Å². The van der Waals surface area contributed by atoms with Crippen LogP contribution in [0.4, 0.5) is 0 Å². The van der Waals surface area contributed by atoms with Crippen molar-refractivity contribution in [3.63, 3.8) is 0 Å². The van der Waals surface area contributed by atoms with Gasteiger partial charge in [0.15, 0.2) is 0 Å². The second kappa shape index (κ2) is 7.40. The lowest BCUT2D eigenvalue weighted by atomic mass is 10.1. The molecule has 124 valence electrons. The molecule has 0 spiro atoms. The Kier molecular flexibility index (Phi) is 5.05. The number of nitrogens with zero attached hydrogens (tertiary/aromatic N) is 4. The number of hydrogen-bond acceptors (Lipinski definition) is 4. The van der Waals surface area contributed by atoms with E-state index in [9.17, 15) is 4.79 Å². The van der Waals surface area contributed by atoms with Crippen molar-refractivity contribution < 1.29 is 4.79 Å². The van der Waals surface area contributed by atoms with E-state index < -0.39 is 0 Å². The fourth-order valence-electron chi connectivity index (χ4n) is 2.54. The van der Waals surface area contributed by atoms with Crippen LogP contribution in [0, 0.1) is 0 Å². The van der Waals surface area contributed by atoms with E-state index in [1.807, 2.05) is 59.2 Å². The molecule has 0 aliphatic carbocycles. The molecule has 0 saturated heterocycles. The van der Waals surface area contributed by atoms with Gasteiger partial charge in [0.2, 0.25) is 0 Å². The number of aromatic nitrogens is 3. The average Bonchev–Trinajstić information content (AvgIpc) is 3.28. The lowest BCUT2D eigenvalue weighted by Gasteiger charge is -2.26. The molecule has 6 heteroatoms. The number of imidazole rings is 1. The fraction of sp³-hybridized carbons (Fsp3) is 0.278. The minimum atomic E-state index is 0.0544. The Morgan fingerprint density at radius 1 is 1.25 bits per heavy atom. The van der Waals surface area contributed by atoms with Crippen LogP contribution >= 0.6 is 11.3 Å². The predicted octanol–water partition coefficient (Wildman–Crippen LogP) is 3.42. The van der Waals surface area contributed by atoms with Crippen LogP contribution in [0.25, 0.3) is 5.69 Å². The summed E-state index contributed by atoms with van der Waals surface area (Å²) in [5.41, 5.74) is 1.69. The minimum absolute atomic E-state index is 0.0544. The van der Waals surface area contributed by atoms with Crippen molar-refractivity contribution in [3.05, 3.63) is 65.1 Å². The van der Waals surface area contributed by atoms with Crippen LogP contribution in [0.2, 0.25) is 0 Å². The molecule has 3 rings (SSSR count). The van der Waals surface area contributed by atoms with Gasteiger partial charge in [0.25, 0.3) is 5.91 Å². The van der Waals surface area contributed by atoms with Crippen molar-refractivity contribution in [1.29, 1.82) is 0 Å². The van der Waals surface area contributed by atoms with Gasteiger partial charge in [0, 0.05) is 54.2 Å². The summed E-state index contributed by atoms with van der Waals surface area (Å²) in [7, 11) is 0. The first kappa shape index (κ1) is 16.4. The van der Waals surface area contributed by atoms with Crippen molar-refractivity contribution in [2.24, 2.45) is 0 Å². The van der Waals surface area contributed by atoms with Crippen LogP contribution in [0.3, 0.4) is 0 Å². The molecule has 2 aromatic heterocycles. The third-order valence-electron chi connectivity index (χ3n) is 3.85. The maximum atomic E-state index is 12.8. The van der Waals surface area contributed by atoms with Crippen LogP contribution in [-0.2, 0) is 6.42 Å². The highest BCUT2D eigenvalue weighted by Gasteiger charge is 2.19. The molecule has 3 aromatic rings. The van der Waals surface area contributed by atoms with Gasteiger partial charge in [-0.15, -0.1) is 11.3 Å². The van der Waals surface area contributed by atoms with Crippen LogP contribution in [0.1, 0.15) is 29.2 Å². The van der Waals surface area contributed by atoms with Crippen LogP contribution in [0.15, 0.2) is 54.6 Å². The summed E-state index contributed by atoms with van der Waals surface area (Å²) in [6.45, 7) is 4.76. The molecule has 24 heavy (non-hydrogen) atoms. The molecule has 0 atom stereocenters. The van der Waals surface area contributed by atoms with Gasteiger partial charge < -0.3 is 9.47 Å². The van der Waals surface area contributed by atoms with Gasteiger partial charge >= 0.3 is 0 Å². The zero-order valence-corrected chi connectivity index (χ0v) is 14.6. The monoisotopic (exact) mass is 340 g/mol. The largest absolute Gasteiger partial charge is 0.336 e. The first-order chi connectivity index (χ1) is 11.6.